The lowest BCUT2D eigenvalue weighted by molar-refractivity contribution is -0.122. The lowest BCUT2D eigenvalue weighted by Gasteiger charge is -2.18. The van der Waals surface area contributed by atoms with E-state index in [0.717, 1.165) is 25.3 Å². The third-order valence-electron chi connectivity index (χ3n) is 3.99. The molecule has 3 N–H and O–H groups in total. The van der Waals surface area contributed by atoms with Crippen LogP contribution < -0.4 is 16.0 Å². The summed E-state index contributed by atoms with van der Waals surface area (Å²) >= 11 is 0. The van der Waals surface area contributed by atoms with Crippen LogP contribution in [0.25, 0.3) is 0 Å². The molecule has 1 amide bonds. The van der Waals surface area contributed by atoms with Crippen molar-refractivity contribution in [3.63, 3.8) is 0 Å². The third-order valence-corrected chi connectivity index (χ3v) is 3.99. The molecule has 0 aliphatic heterocycles. The average molecular weight is 296 g/mol. The van der Waals surface area contributed by atoms with Crippen LogP contribution >= 0.6 is 0 Å². The molecule has 1 rings (SSSR count). The van der Waals surface area contributed by atoms with E-state index in [4.69, 9.17) is 0 Å². The summed E-state index contributed by atoms with van der Waals surface area (Å²) in [5.41, 5.74) is 0. The number of hydrogen-bond donors (Lipinski definition) is 3. The molecule has 1 fully saturated rings. The molecule has 5 nitrogen and oxygen atoms in total. The maximum atomic E-state index is 11.5. The van der Waals surface area contributed by atoms with E-state index in [1.54, 1.807) is 7.05 Å². The molecular formula is C16H32N4O. The number of aliphatic imine (C=N–C) groups is 1. The van der Waals surface area contributed by atoms with Crippen LogP contribution in [0.5, 0.6) is 0 Å². The van der Waals surface area contributed by atoms with E-state index in [1.165, 1.54) is 25.7 Å². The van der Waals surface area contributed by atoms with Gasteiger partial charge in [-0.05, 0) is 25.2 Å². The SMILES string of the molecule is CCCCC(CC)CNC(=NC)NCCNC(=O)C1CC1. The Hall–Kier alpha value is -1.26. The van der Waals surface area contributed by atoms with Crippen LogP contribution in [0.3, 0.4) is 0 Å². The van der Waals surface area contributed by atoms with Crippen LogP contribution in [0, 0.1) is 11.8 Å². The van der Waals surface area contributed by atoms with E-state index in [2.05, 4.69) is 34.8 Å². The van der Waals surface area contributed by atoms with Crippen LogP contribution in [0.2, 0.25) is 0 Å². The van der Waals surface area contributed by atoms with E-state index in [0.29, 0.717) is 19.0 Å². The summed E-state index contributed by atoms with van der Waals surface area (Å²) in [6.45, 7) is 6.81. The molecule has 1 unspecified atom stereocenters. The first-order chi connectivity index (χ1) is 10.2. The molecule has 0 saturated heterocycles. The van der Waals surface area contributed by atoms with Crippen molar-refractivity contribution in [1.82, 2.24) is 16.0 Å². The predicted molar refractivity (Wildman–Crippen MR) is 88.4 cm³/mol. The van der Waals surface area contributed by atoms with E-state index >= 15 is 0 Å². The molecule has 0 heterocycles. The lowest BCUT2D eigenvalue weighted by atomic mass is 9.99. The van der Waals surface area contributed by atoms with Gasteiger partial charge in [0, 0.05) is 32.6 Å². The molecular weight excluding hydrogens is 264 g/mol. The fourth-order valence-electron chi connectivity index (χ4n) is 2.26. The number of carbonyl (C=O) groups is 1. The van der Waals surface area contributed by atoms with Gasteiger partial charge in [0.05, 0.1) is 0 Å². The summed E-state index contributed by atoms with van der Waals surface area (Å²) in [5, 5.41) is 9.57. The molecule has 0 aromatic rings. The highest BCUT2D eigenvalue weighted by Crippen LogP contribution is 2.28. The predicted octanol–water partition coefficient (Wildman–Crippen LogP) is 1.89. The van der Waals surface area contributed by atoms with Crippen molar-refractivity contribution in [2.24, 2.45) is 16.8 Å². The highest BCUT2D eigenvalue weighted by Gasteiger charge is 2.28. The lowest BCUT2D eigenvalue weighted by Crippen LogP contribution is -2.43. The van der Waals surface area contributed by atoms with E-state index in [9.17, 15) is 4.79 Å². The van der Waals surface area contributed by atoms with Gasteiger partial charge in [0.1, 0.15) is 0 Å². The zero-order valence-electron chi connectivity index (χ0n) is 13.9. The second-order valence-corrected chi connectivity index (χ2v) is 5.86. The highest BCUT2D eigenvalue weighted by atomic mass is 16.2. The Bertz CT molecular complexity index is 326. The normalized spacial score (nSPS) is 16.4. The summed E-state index contributed by atoms with van der Waals surface area (Å²) in [4.78, 5) is 15.7. The first kappa shape index (κ1) is 17.8. The van der Waals surface area contributed by atoms with Gasteiger partial charge in [-0.25, -0.2) is 0 Å². The van der Waals surface area contributed by atoms with Gasteiger partial charge in [0.2, 0.25) is 5.91 Å². The van der Waals surface area contributed by atoms with Crippen LogP contribution in [-0.4, -0.2) is 38.5 Å². The van der Waals surface area contributed by atoms with Gasteiger partial charge in [0.25, 0.3) is 0 Å². The summed E-state index contributed by atoms with van der Waals surface area (Å²) in [7, 11) is 1.78. The van der Waals surface area contributed by atoms with Gasteiger partial charge in [-0.3, -0.25) is 9.79 Å². The summed E-state index contributed by atoms with van der Waals surface area (Å²) in [5.74, 6) is 2.01. The van der Waals surface area contributed by atoms with Crippen LogP contribution in [0.15, 0.2) is 4.99 Å². The summed E-state index contributed by atoms with van der Waals surface area (Å²) < 4.78 is 0. The van der Waals surface area contributed by atoms with Crippen molar-refractivity contribution in [2.45, 2.75) is 52.4 Å². The second kappa shape index (κ2) is 10.5. The van der Waals surface area contributed by atoms with Crippen LogP contribution in [0.1, 0.15) is 52.4 Å². The van der Waals surface area contributed by atoms with Crippen molar-refractivity contribution >= 4 is 11.9 Å². The number of nitrogens with one attached hydrogen (secondary N) is 3. The summed E-state index contributed by atoms with van der Waals surface area (Å²) in [6, 6.07) is 0. The molecule has 5 heteroatoms. The molecule has 21 heavy (non-hydrogen) atoms. The largest absolute Gasteiger partial charge is 0.356 e. The molecule has 0 radical (unpaired) electrons. The van der Waals surface area contributed by atoms with Gasteiger partial charge < -0.3 is 16.0 Å². The molecule has 1 aliphatic carbocycles. The number of carbonyl (C=O) groups excluding carboxylic acids is 1. The molecule has 0 aromatic carbocycles. The Labute approximate surface area is 129 Å². The number of unbranched alkanes of at least 4 members (excludes halogenated alkanes) is 1. The monoisotopic (exact) mass is 296 g/mol. The maximum Gasteiger partial charge on any atom is 0.223 e. The van der Waals surface area contributed by atoms with Crippen molar-refractivity contribution in [3.8, 4) is 0 Å². The van der Waals surface area contributed by atoms with Crippen LogP contribution in [-0.2, 0) is 4.79 Å². The second-order valence-electron chi connectivity index (χ2n) is 5.86. The number of hydrogen-bond acceptors (Lipinski definition) is 2. The fraction of sp³-hybridized carbons (Fsp3) is 0.875. The van der Waals surface area contributed by atoms with Crippen LogP contribution in [0.4, 0.5) is 0 Å². The van der Waals surface area contributed by atoms with E-state index < -0.39 is 0 Å². The number of guanidine groups is 1. The van der Waals surface area contributed by atoms with Crippen molar-refractivity contribution in [2.75, 3.05) is 26.7 Å². The number of nitrogens with zero attached hydrogens (tertiary/aromatic N) is 1. The number of amides is 1. The standard InChI is InChI=1S/C16H32N4O/c1-4-6-7-13(5-2)12-20-16(17-3)19-11-10-18-15(21)14-8-9-14/h13-14H,4-12H2,1-3H3,(H,18,21)(H2,17,19,20). The fourth-order valence-corrected chi connectivity index (χ4v) is 2.26. The highest BCUT2D eigenvalue weighted by molar-refractivity contribution is 5.81. The molecule has 1 saturated carbocycles. The molecule has 1 atom stereocenters. The summed E-state index contributed by atoms with van der Waals surface area (Å²) in [6.07, 6.45) is 7.12. The van der Waals surface area contributed by atoms with Gasteiger partial charge in [-0.15, -0.1) is 0 Å². The van der Waals surface area contributed by atoms with Crippen molar-refractivity contribution in [1.29, 1.82) is 0 Å². The first-order valence-corrected chi connectivity index (χ1v) is 8.43. The topological polar surface area (TPSA) is 65.5 Å². The molecule has 0 spiro atoms. The zero-order valence-corrected chi connectivity index (χ0v) is 13.9. The maximum absolute atomic E-state index is 11.5. The first-order valence-electron chi connectivity index (χ1n) is 8.43. The molecule has 0 aromatic heterocycles. The number of rotatable bonds is 10. The Morgan fingerprint density at radius 2 is 1.90 bits per heavy atom. The van der Waals surface area contributed by atoms with E-state index in [1.807, 2.05) is 0 Å². The minimum atomic E-state index is 0.199. The van der Waals surface area contributed by atoms with Crippen molar-refractivity contribution < 1.29 is 4.79 Å². The van der Waals surface area contributed by atoms with Gasteiger partial charge >= 0.3 is 0 Å². The molecule has 0 bridgehead atoms. The Balaban J connectivity index is 2.11. The quantitative estimate of drug-likeness (QED) is 0.328. The van der Waals surface area contributed by atoms with E-state index in [-0.39, 0.29) is 11.8 Å². The minimum absolute atomic E-state index is 0.199. The Morgan fingerprint density at radius 3 is 2.48 bits per heavy atom. The van der Waals surface area contributed by atoms with Gasteiger partial charge in [0.15, 0.2) is 5.96 Å². The molecule has 122 valence electrons. The Kier molecular flexibility index (Phi) is 8.87. The van der Waals surface area contributed by atoms with Gasteiger partial charge in [-0.1, -0.05) is 33.1 Å². The minimum Gasteiger partial charge on any atom is -0.356 e. The third kappa shape index (κ3) is 7.93. The smallest absolute Gasteiger partial charge is 0.223 e. The Morgan fingerprint density at radius 1 is 1.19 bits per heavy atom. The zero-order chi connectivity index (χ0) is 15.5. The van der Waals surface area contributed by atoms with Gasteiger partial charge in [-0.2, -0.15) is 0 Å². The van der Waals surface area contributed by atoms with Crippen molar-refractivity contribution in [3.05, 3.63) is 0 Å². The molecule has 1 aliphatic rings. The average Bonchev–Trinajstić information content (AvgIpc) is 3.33.